The SMILES string of the molecule is COc1ccc(CCN2C(=O)C3NNC(c4ccccc4O)C3C2c2ccc(C(C)C)cc2)cc1. The Kier molecular flexibility index (Phi) is 6.50. The van der Waals surface area contributed by atoms with Crippen LogP contribution in [0.15, 0.2) is 72.8 Å². The molecule has 35 heavy (non-hydrogen) atoms. The van der Waals surface area contributed by atoms with Crippen LogP contribution in [0, 0.1) is 5.92 Å². The number of amides is 1. The van der Waals surface area contributed by atoms with E-state index < -0.39 is 0 Å². The second-order valence-corrected chi connectivity index (χ2v) is 9.78. The van der Waals surface area contributed by atoms with Gasteiger partial charge in [-0.15, -0.1) is 0 Å². The van der Waals surface area contributed by atoms with Crippen molar-refractivity contribution in [3.63, 3.8) is 0 Å². The third kappa shape index (κ3) is 4.40. The monoisotopic (exact) mass is 471 g/mol. The number of aromatic hydroxyl groups is 1. The van der Waals surface area contributed by atoms with Crippen LogP contribution in [-0.4, -0.2) is 35.6 Å². The van der Waals surface area contributed by atoms with E-state index in [2.05, 4.69) is 61.1 Å². The molecule has 0 bridgehead atoms. The number of ether oxygens (including phenoxy) is 1. The highest BCUT2D eigenvalue weighted by atomic mass is 16.5. The Morgan fingerprint density at radius 1 is 0.943 bits per heavy atom. The first-order chi connectivity index (χ1) is 17.0. The molecule has 0 radical (unpaired) electrons. The Balaban J connectivity index is 1.48. The lowest BCUT2D eigenvalue weighted by Crippen LogP contribution is -2.42. The van der Waals surface area contributed by atoms with Crippen LogP contribution in [0.2, 0.25) is 0 Å². The lowest BCUT2D eigenvalue weighted by atomic mass is 9.82. The molecule has 0 aromatic heterocycles. The fraction of sp³-hybridized carbons (Fsp3) is 0.345. The molecule has 2 aliphatic heterocycles. The number of carbonyl (C=O) groups excluding carboxylic acids is 1. The van der Waals surface area contributed by atoms with Gasteiger partial charge in [0.1, 0.15) is 17.5 Å². The summed E-state index contributed by atoms with van der Waals surface area (Å²) in [5, 5.41) is 10.6. The molecular weight excluding hydrogens is 438 g/mol. The molecule has 3 aromatic rings. The minimum atomic E-state index is -0.356. The van der Waals surface area contributed by atoms with Crippen molar-refractivity contribution in [1.82, 2.24) is 15.8 Å². The number of nitrogens with zero attached hydrogens (tertiary/aromatic N) is 1. The first-order valence-electron chi connectivity index (χ1n) is 12.3. The van der Waals surface area contributed by atoms with E-state index in [4.69, 9.17) is 4.74 Å². The predicted octanol–water partition coefficient (Wildman–Crippen LogP) is 4.48. The summed E-state index contributed by atoms with van der Waals surface area (Å²) in [4.78, 5) is 15.7. The molecule has 1 amide bonds. The number of carbonyl (C=O) groups is 1. The number of benzene rings is 3. The number of likely N-dealkylation sites (tertiary alicyclic amines) is 1. The van der Waals surface area contributed by atoms with Crippen molar-refractivity contribution in [2.75, 3.05) is 13.7 Å². The summed E-state index contributed by atoms with van der Waals surface area (Å²) in [6.45, 7) is 4.98. The van der Waals surface area contributed by atoms with Gasteiger partial charge in [0.15, 0.2) is 0 Å². The molecule has 6 nitrogen and oxygen atoms in total. The first kappa shape index (κ1) is 23.4. The maximum Gasteiger partial charge on any atom is 0.242 e. The zero-order valence-electron chi connectivity index (χ0n) is 20.4. The fourth-order valence-electron chi connectivity index (χ4n) is 5.49. The van der Waals surface area contributed by atoms with E-state index in [1.165, 1.54) is 5.56 Å². The van der Waals surface area contributed by atoms with Crippen LogP contribution in [-0.2, 0) is 11.2 Å². The highest BCUT2D eigenvalue weighted by Gasteiger charge is 2.55. The van der Waals surface area contributed by atoms with Gasteiger partial charge in [0.25, 0.3) is 0 Å². The van der Waals surface area contributed by atoms with Crippen LogP contribution in [0.1, 0.15) is 54.1 Å². The molecule has 0 spiro atoms. The lowest BCUT2D eigenvalue weighted by molar-refractivity contribution is -0.130. The van der Waals surface area contributed by atoms with Crippen molar-refractivity contribution >= 4 is 5.91 Å². The largest absolute Gasteiger partial charge is 0.508 e. The number of hydrogen-bond acceptors (Lipinski definition) is 5. The molecule has 2 heterocycles. The van der Waals surface area contributed by atoms with Crippen LogP contribution >= 0.6 is 0 Å². The van der Waals surface area contributed by atoms with Gasteiger partial charge in [-0.25, -0.2) is 10.9 Å². The van der Waals surface area contributed by atoms with Crippen LogP contribution < -0.4 is 15.6 Å². The summed E-state index contributed by atoms with van der Waals surface area (Å²) in [5.74, 6) is 1.54. The van der Waals surface area contributed by atoms with Crippen molar-refractivity contribution in [1.29, 1.82) is 0 Å². The Labute approximate surface area is 206 Å². The number of phenolic OH excluding ortho intramolecular Hbond substituents is 1. The van der Waals surface area contributed by atoms with Crippen LogP contribution in [0.25, 0.3) is 0 Å². The van der Waals surface area contributed by atoms with Crippen molar-refractivity contribution in [3.8, 4) is 11.5 Å². The number of nitrogens with one attached hydrogen (secondary N) is 2. The number of fused-ring (bicyclic) bond motifs is 1. The molecule has 3 N–H and O–H groups in total. The summed E-state index contributed by atoms with van der Waals surface area (Å²) < 4.78 is 5.28. The average molecular weight is 472 g/mol. The molecule has 2 saturated heterocycles. The van der Waals surface area contributed by atoms with Gasteiger partial charge in [0, 0.05) is 18.0 Å². The Bertz CT molecular complexity index is 1180. The molecule has 4 unspecified atom stereocenters. The zero-order chi connectivity index (χ0) is 24.5. The van der Waals surface area contributed by atoms with Gasteiger partial charge in [-0.05, 0) is 47.2 Å². The lowest BCUT2D eigenvalue weighted by Gasteiger charge is -2.31. The fourth-order valence-corrected chi connectivity index (χ4v) is 5.49. The normalized spacial score (nSPS) is 23.7. The quantitative estimate of drug-likeness (QED) is 0.474. The standard InChI is InChI=1S/C29H33N3O3/c1-18(2)20-10-12-21(13-11-20)28-25-26(23-6-4-5-7-24(23)33)30-31-27(25)29(34)32(28)17-16-19-8-14-22(35-3)15-9-19/h4-15,18,25-28,30-31,33H,16-17H2,1-3H3. The number of hydrazine groups is 1. The van der Waals surface area contributed by atoms with Gasteiger partial charge in [0.2, 0.25) is 5.91 Å². The Morgan fingerprint density at radius 3 is 2.29 bits per heavy atom. The maximum atomic E-state index is 13.7. The minimum Gasteiger partial charge on any atom is -0.508 e. The van der Waals surface area contributed by atoms with Gasteiger partial charge < -0.3 is 14.7 Å². The van der Waals surface area contributed by atoms with Crippen molar-refractivity contribution in [2.24, 2.45) is 5.92 Å². The van der Waals surface area contributed by atoms with Gasteiger partial charge in [0.05, 0.1) is 19.2 Å². The van der Waals surface area contributed by atoms with Gasteiger partial charge in [-0.1, -0.05) is 68.4 Å². The number of para-hydroxylation sites is 1. The zero-order valence-corrected chi connectivity index (χ0v) is 20.4. The molecule has 3 aromatic carbocycles. The Hall–Kier alpha value is -3.35. The second-order valence-electron chi connectivity index (χ2n) is 9.78. The first-order valence-corrected chi connectivity index (χ1v) is 12.3. The van der Waals surface area contributed by atoms with E-state index in [9.17, 15) is 9.90 Å². The molecule has 4 atom stereocenters. The van der Waals surface area contributed by atoms with E-state index in [1.807, 2.05) is 35.2 Å². The number of methoxy groups -OCH3 is 1. The van der Waals surface area contributed by atoms with Crippen LogP contribution in [0.3, 0.4) is 0 Å². The van der Waals surface area contributed by atoms with Crippen LogP contribution in [0.5, 0.6) is 11.5 Å². The smallest absolute Gasteiger partial charge is 0.242 e. The Morgan fingerprint density at radius 2 is 1.63 bits per heavy atom. The molecule has 5 rings (SSSR count). The van der Waals surface area contributed by atoms with Crippen LogP contribution in [0.4, 0.5) is 0 Å². The molecule has 0 aliphatic carbocycles. The molecule has 0 saturated carbocycles. The third-order valence-electron chi connectivity index (χ3n) is 7.43. The number of hydrogen-bond donors (Lipinski definition) is 3. The molecule has 182 valence electrons. The summed E-state index contributed by atoms with van der Waals surface area (Å²) in [6.07, 6.45) is 0.754. The summed E-state index contributed by atoms with van der Waals surface area (Å²) in [6, 6.07) is 23.4. The number of rotatable bonds is 7. The van der Waals surface area contributed by atoms with Crippen molar-refractivity contribution < 1.29 is 14.6 Å². The maximum absolute atomic E-state index is 13.7. The summed E-state index contributed by atoms with van der Waals surface area (Å²) in [7, 11) is 1.66. The van der Waals surface area contributed by atoms with E-state index in [0.29, 0.717) is 12.5 Å². The predicted molar refractivity (Wildman–Crippen MR) is 136 cm³/mol. The summed E-state index contributed by atoms with van der Waals surface area (Å²) >= 11 is 0. The highest BCUT2D eigenvalue weighted by molar-refractivity contribution is 5.86. The van der Waals surface area contributed by atoms with E-state index in [1.54, 1.807) is 13.2 Å². The third-order valence-corrected chi connectivity index (χ3v) is 7.43. The van der Waals surface area contributed by atoms with Gasteiger partial charge >= 0.3 is 0 Å². The topological polar surface area (TPSA) is 73.8 Å². The average Bonchev–Trinajstić information content (AvgIpc) is 3.42. The molecule has 6 heteroatoms. The van der Waals surface area contributed by atoms with E-state index in [0.717, 1.165) is 28.9 Å². The van der Waals surface area contributed by atoms with Gasteiger partial charge in [-0.3, -0.25) is 4.79 Å². The van der Waals surface area contributed by atoms with E-state index in [-0.39, 0.29) is 35.7 Å². The van der Waals surface area contributed by atoms with E-state index >= 15 is 0 Å². The highest BCUT2D eigenvalue weighted by Crippen LogP contribution is 2.48. The number of phenols is 1. The minimum absolute atomic E-state index is 0.0587. The molecular formula is C29H33N3O3. The van der Waals surface area contributed by atoms with Gasteiger partial charge in [-0.2, -0.15) is 0 Å². The van der Waals surface area contributed by atoms with Crippen molar-refractivity contribution in [2.45, 2.75) is 44.3 Å². The molecule has 2 fully saturated rings. The second kappa shape index (κ2) is 9.72. The molecule has 2 aliphatic rings. The van der Waals surface area contributed by atoms with Crippen molar-refractivity contribution in [3.05, 3.63) is 95.1 Å². The summed E-state index contributed by atoms with van der Waals surface area (Å²) in [5.41, 5.74) is 10.9.